The number of cyclic esters (lactones) is 1. The SMILES string of the molecule is CC(C)c1c(CNC(=O)c2ccc(Cl)cc2)nc(-c2ccc(F)cc2)n1CC[C@@H]1C[C@@H](O)CC(=O)O1. The molecule has 0 bridgehead atoms. The van der Waals surface area contributed by atoms with Gasteiger partial charge in [0.2, 0.25) is 0 Å². The van der Waals surface area contributed by atoms with Gasteiger partial charge in [0.05, 0.1) is 24.8 Å². The number of esters is 1. The van der Waals surface area contributed by atoms with Crippen molar-refractivity contribution in [3.05, 3.63) is 76.3 Å². The Labute approximate surface area is 214 Å². The maximum absolute atomic E-state index is 13.6. The lowest BCUT2D eigenvalue weighted by atomic mass is 10.0. The van der Waals surface area contributed by atoms with Gasteiger partial charge in [0.1, 0.15) is 17.7 Å². The normalized spacial score (nSPS) is 17.8. The second kappa shape index (κ2) is 11.2. The molecule has 36 heavy (non-hydrogen) atoms. The van der Waals surface area contributed by atoms with Crippen molar-refractivity contribution in [2.75, 3.05) is 0 Å². The third-order valence-corrected chi connectivity index (χ3v) is 6.42. The Kier molecular flexibility index (Phi) is 8.06. The molecular weight excluding hydrogens is 485 g/mol. The van der Waals surface area contributed by atoms with Crippen molar-refractivity contribution in [3.8, 4) is 11.4 Å². The largest absolute Gasteiger partial charge is 0.462 e. The second-order valence-electron chi connectivity index (χ2n) is 9.26. The summed E-state index contributed by atoms with van der Waals surface area (Å²) in [4.78, 5) is 29.3. The molecule has 0 aliphatic carbocycles. The number of nitrogens with one attached hydrogen (secondary N) is 1. The third kappa shape index (κ3) is 6.12. The van der Waals surface area contributed by atoms with Crippen LogP contribution in [0.4, 0.5) is 4.39 Å². The van der Waals surface area contributed by atoms with E-state index in [0.29, 0.717) is 41.5 Å². The van der Waals surface area contributed by atoms with Crippen molar-refractivity contribution in [2.24, 2.45) is 0 Å². The minimum Gasteiger partial charge on any atom is -0.462 e. The molecule has 0 spiro atoms. The number of carbonyl (C=O) groups is 2. The number of hydrogen-bond acceptors (Lipinski definition) is 5. The zero-order valence-electron chi connectivity index (χ0n) is 20.2. The van der Waals surface area contributed by atoms with Crippen LogP contribution in [0.15, 0.2) is 48.5 Å². The van der Waals surface area contributed by atoms with Crippen LogP contribution in [0.25, 0.3) is 11.4 Å². The zero-order valence-corrected chi connectivity index (χ0v) is 21.0. The zero-order chi connectivity index (χ0) is 25.8. The number of nitrogens with zero attached hydrogens (tertiary/aromatic N) is 2. The molecule has 0 radical (unpaired) electrons. The molecule has 4 rings (SSSR count). The first-order chi connectivity index (χ1) is 17.2. The van der Waals surface area contributed by atoms with E-state index in [2.05, 4.69) is 5.32 Å². The average Bonchev–Trinajstić information content (AvgIpc) is 3.20. The Morgan fingerprint density at radius 1 is 1.22 bits per heavy atom. The van der Waals surface area contributed by atoms with E-state index in [-0.39, 0.29) is 30.6 Å². The summed E-state index contributed by atoms with van der Waals surface area (Å²) in [6.07, 6.45) is -0.231. The lowest BCUT2D eigenvalue weighted by molar-refractivity contribution is -0.160. The first kappa shape index (κ1) is 25.9. The Morgan fingerprint density at radius 3 is 2.56 bits per heavy atom. The molecule has 2 heterocycles. The summed E-state index contributed by atoms with van der Waals surface area (Å²) < 4.78 is 21.1. The van der Waals surface area contributed by atoms with Crippen LogP contribution in [0.5, 0.6) is 0 Å². The van der Waals surface area contributed by atoms with Gasteiger partial charge in [0.15, 0.2) is 0 Å². The number of carbonyl (C=O) groups excluding carboxylic acids is 2. The van der Waals surface area contributed by atoms with Gasteiger partial charge in [0.25, 0.3) is 5.91 Å². The third-order valence-electron chi connectivity index (χ3n) is 6.17. The number of amides is 1. The molecule has 2 N–H and O–H groups in total. The van der Waals surface area contributed by atoms with Crippen LogP contribution in [-0.2, 0) is 22.6 Å². The summed E-state index contributed by atoms with van der Waals surface area (Å²) in [5, 5.41) is 13.5. The Balaban J connectivity index is 1.63. The summed E-state index contributed by atoms with van der Waals surface area (Å²) in [6.45, 7) is 4.75. The van der Waals surface area contributed by atoms with Crippen molar-refractivity contribution >= 4 is 23.5 Å². The standard InChI is InChI=1S/C27H29ClFN3O4/c1-16(2)25-23(15-30-27(35)18-3-7-19(28)8-4-18)31-26(17-5-9-20(29)10-6-17)32(25)12-11-22-13-21(33)14-24(34)36-22/h3-10,16,21-22,33H,11-15H2,1-2H3,(H,30,35)/t21-,22-/m1/s1. The van der Waals surface area contributed by atoms with E-state index in [1.807, 2.05) is 18.4 Å². The number of hydrogen-bond donors (Lipinski definition) is 2. The molecule has 7 nitrogen and oxygen atoms in total. The highest BCUT2D eigenvalue weighted by atomic mass is 35.5. The van der Waals surface area contributed by atoms with Gasteiger partial charge in [0, 0.05) is 41.2 Å². The fourth-order valence-electron chi connectivity index (χ4n) is 4.51. The molecule has 1 amide bonds. The molecule has 1 aliphatic heterocycles. The predicted molar refractivity (Wildman–Crippen MR) is 134 cm³/mol. The summed E-state index contributed by atoms with van der Waals surface area (Å²) in [5.74, 6) is -0.301. The van der Waals surface area contributed by atoms with Crippen LogP contribution in [0.3, 0.4) is 0 Å². The topological polar surface area (TPSA) is 93.5 Å². The molecular formula is C27H29ClFN3O4. The van der Waals surface area contributed by atoms with Crippen molar-refractivity contribution in [2.45, 2.75) is 64.3 Å². The number of rotatable bonds is 8. The van der Waals surface area contributed by atoms with E-state index >= 15 is 0 Å². The number of ether oxygens (including phenoxy) is 1. The van der Waals surface area contributed by atoms with Crippen molar-refractivity contribution in [3.63, 3.8) is 0 Å². The Hall–Kier alpha value is -3.23. The summed E-state index contributed by atoms with van der Waals surface area (Å²) in [6, 6.07) is 12.7. The highest BCUT2D eigenvalue weighted by Crippen LogP contribution is 2.30. The van der Waals surface area contributed by atoms with Crippen LogP contribution in [0.1, 0.15) is 60.8 Å². The molecule has 0 saturated carbocycles. The van der Waals surface area contributed by atoms with E-state index in [4.69, 9.17) is 21.3 Å². The van der Waals surface area contributed by atoms with Gasteiger partial charge >= 0.3 is 5.97 Å². The molecule has 1 aliphatic rings. The number of benzene rings is 2. The number of aliphatic hydroxyl groups excluding tert-OH is 1. The highest BCUT2D eigenvalue weighted by Gasteiger charge is 2.28. The van der Waals surface area contributed by atoms with Gasteiger partial charge in [-0.1, -0.05) is 25.4 Å². The molecule has 1 fully saturated rings. The van der Waals surface area contributed by atoms with Crippen LogP contribution in [0.2, 0.25) is 5.02 Å². The molecule has 1 saturated heterocycles. The molecule has 3 aromatic rings. The Morgan fingerprint density at radius 2 is 1.92 bits per heavy atom. The van der Waals surface area contributed by atoms with Gasteiger partial charge < -0.3 is 19.7 Å². The number of halogens is 2. The first-order valence-corrected chi connectivity index (χ1v) is 12.4. The average molecular weight is 514 g/mol. The molecule has 0 unspecified atom stereocenters. The van der Waals surface area contributed by atoms with E-state index in [1.165, 1.54) is 12.1 Å². The van der Waals surface area contributed by atoms with E-state index < -0.39 is 18.2 Å². The van der Waals surface area contributed by atoms with Crippen LogP contribution in [0, 0.1) is 5.82 Å². The fourth-order valence-corrected chi connectivity index (χ4v) is 4.64. The van der Waals surface area contributed by atoms with Crippen LogP contribution < -0.4 is 5.32 Å². The van der Waals surface area contributed by atoms with Crippen molar-refractivity contribution < 1.29 is 23.8 Å². The molecule has 9 heteroatoms. The minimum absolute atomic E-state index is 0.0110. The molecule has 1 aromatic heterocycles. The first-order valence-electron chi connectivity index (χ1n) is 12.0. The van der Waals surface area contributed by atoms with Crippen molar-refractivity contribution in [1.29, 1.82) is 0 Å². The number of aromatic nitrogens is 2. The lowest BCUT2D eigenvalue weighted by Gasteiger charge is -2.26. The van der Waals surface area contributed by atoms with Crippen LogP contribution in [-0.4, -0.2) is 38.7 Å². The fraction of sp³-hybridized carbons (Fsp3) is 0.370. The van der Waals surface area contributed by atoms with Gasteiger partial charge in [-0.2, -0.15) is 0 Å². The van der Waals surface area contributed by atoms with Gasteiger partial charge in [-0.3, -0.25) is 9.59 Å². The minimum atomic E-state index is -0.709. The smallest absolute Gasteiger partial charge is 0.308 e. The predicted octanol–water partition coefficient (Wildman–Crippen LogP) is 4.85. The van der Waals surface area contributed by atoms with Gasteiger partial charge in [-0.15, -0.1) is 0 Å². The Bertz CT molecular complexity index is 1230. The summed E-state index contributed by atoms with van der Waals surface area (Å²) in [5.41, 5.74) is 2.84. The monoisotopic (exact) mass is 513 g/mol. The summed E-state index contributed by atoms with van der Waals surface area (Å²) >= 11 is 5.93. The number of aliphatic hydroxyl groups is 1. The highest BCUT2D eigenvalue weighted by molar-refractivity contribution is 6.30. The van der Waals surface area contributed by atoms with E-state index in [0.717, 1.165) is 11.3 Å². The van der Waals surface area contributed by atoms with E-state index in [9.17, 15) is 19.1 Å². The quantitative estimate of drug-likeness (QED) is 0.420. The summed E-state index contributed by atoms with van der Waals surface area (Å²) in [7, 11) is 0. The molecule has 190 valence electrons. The second-order valence-corrected chi connectivity index (χ2v) is 9.70. The van der Waals surface area contributed by atoms with Crippen LogP contribution >= 0.6 is 11.6 Å². The number of imidazole rings is 1. The molecule has 2 aromatic carbocycles. The molecule has 2 atom stereocenters. The van der Waals surface area contributed by atoms with Gasteiger partial charge in [-0.25, -0.2) is 9.37 Å². The van der Waals surface area contributed by atoms with Crippen molar-refractivity contribution in [1.82, 2.24) is 14.9 Å². The maximum Gasteiger partial charge on any atom is 0.308 e. The lowest BCUT2D eigenvalue weighted by Crippen LogP contribution is -2.33. The van der Waals surface area contributed by atoms with E-state index in [1.54, 1.807) is 36.4 Å². The maximum atomic E-state index is 13.6. The van der Waals surface area contributed by atoms with Gasteiger partial charge in [-0.05, 0) is 54.4 Å².